The van der Waals surface area contributed by atoms with E-state index < -0.39 is 12.1 Å². The maximum Gasteiger partial charge on any atom is 0.305 e. The van der Waals surface area contributed by atoms with E-state index in [4.69, 9.17) is 4.74 Å². The van der Waals surface area contributed by atoms with Gasteiger partial charge in [0.25, 0.3) is 0 Å². The zero-order chi connectivity index (χ0) is 48.6. The number of hydrogen-bond donors (Lipinski definition) is 3. The van der Waals surface area contributed by atoms with E-state index in [1.165, 1.54) is 250 Å². The number of rotatable bonds is 56. The summed E-state index contributed by atoms with van der Waals surface area (Å²) in [7, 11) is 0. The van der Waals surface area contributed by atoms with E-state index in [1.807, 2.05) is 6.08 Å². The third kappa shape index (κ3) is 53.5. The minimum absolute atomic E-state index is 0.00318. The number of amides is 1. The van der Waals surface area contributed by atoms with E-state index in [1.54, 1.807) is 6.08 Å². The Hall–Kier alpha value is -1.66. The van der Waals surface area contributed by atoms with Gasteiger partial charge in [-0.3, -0.25) is 9.59 Å². The summed E-state index contributed by atoms with van der Waals surface area (Å²) in [5.74, 6) is -0.0718. The van der Waals surface area contributed by atoms with Crippen LogP contribution in [-0.4, -0.2) is 47.4 Å². The highest BCUT2D eigenvalue weighted by Gasteiger charge is 2.18. The molecule has 6 nitrogen and oxygen atoms in total. The van der Waals surface area contributed by atoms with Crippen LogP contribution in [0.15, 0.2) is 24.3 Å². The molecule has 2 atom stereocenters. The van der Waals surface area contributed by atoms with Gasteiger partial charge in [-0.1, -0.05) is 282 Å². The highest BCUT2D eigenvalue weighted by atomic mass is 16.5. The first-order chi connectivity index (χ1) is 33.0. The molecule has 0 aromatic carbocycles. The Morgan fingerprint density at radius 1 is 0.403 bits per heavy atom. The van der Waals surface area contributed by atoms with Crippen molar-refractivity contribution in [3.8, 4) is 0 Å². The molecular formula is C61H117NO5. The Morgan fingerprint density at radius 2 is 0.701 bits per heavy atom. The molecule has 0 rings (SSSR count). The molecule has 0 aromatic rings. The van der Waals surface area contributed by atoms with Crippen LogP contribution in [0.1, 0.15) is 328 Å². The minimum Gasteiger partial charge on any atom is -0.466 e. The summed E-state index contributed by atoms with van der Waals surface area (Å²) >= 11 is 0. The molecule has 1 amide bonds. The summed E-state index contributed by atoms with van der Waals surface area (Å²) in [6.07, 6.45) is 69.2. The summed E-state index contributed by atoms with van der Waals surface area (Å²) in [6, 6.07) is -0.635. The molecule has 2 unspecified atom stereocenters. The van der Waals surface area contributed by atoms with Gasteiger partial charge in [0.15, 0.2) is 0 Å². The van der Waals surface area contributed by atoms with Crippen LogP contribution in [0.5, 0.6) is 0 Å². The Morgan fingerprint density at radius 3 is 1.06 bits per heavy atom. The normalized spacial score (nSPS) is 12.7. The van der Waals surface area contributed by atoms with Gasteiger partial charge in [-0.25, -0.2) is 0 Å². The quantitative estimate of drug-likeness (QED) is 0.0321. The average Bonchev–Trinajstić information content (AvgIpc) is 3.33. The summed E-state index contributed by atoms with van der Waals surface area (Å²) in [4.78, 5) is 24.5. The number of hydrogen-bond acceptors (Lipinski definition) is 5. The number of carbonyl (C=O) groups excluding carboxylic acids is 2. The molecule has 0 aliphatic carbocycles. The summed E-state index contributed by atoms with van der Waals surface area (Å²) in [5.41, 5.74) is 0. The van der Waals surface area contributed by atoms with Crippen molar-refractivity contribution in [2.24, 2.45) is 0 Å². The monoisotopic (exact) mass is 944 g/mol. The van der Waals surface area contributed by atoms with Crippen molar-refractivity contribution in [1.29, 1.82) is 0 Å². The van der Waals surface area contributed by atoms with Crippen LogP contribution in [0.3, 0.4) is 0 Å². The van der Waals surface area contributed by atoms with Gasteiger partial charge in [0.2, 0.25) is 5.91 Å². The van der Waals surface area contributed by atoms with Crippen LogP contribution in [0.2, 0.25) is 0 Å². The van der Waals surface area contributed by atoms with Gasteiger partial charge < -0.3 is 20.3 Å². The van der Waals surface area contributed by atoms with Crippen molar-refractivity contribution in [3.05, 3.63) is 24.3 Å². The number of unbranched alkanes of at least 4 members (excludes halogenated alkanes) is 43. The van der Waals surface area contributed by atoms with Crippen LogP contribution in [0.4, 0.5) is 0 Å². The molecule has 67 heavy (non-hydrogen) atoms. The molecule has 0 saturated carbocycles. The molecule has 0 aromatic heterocycles. The smallest absolute Gasteiger partial charge is 0.305 e. The molecule has 0 bridgehead atoms. The number of ether oxygens (including phenoxy) is 1. The molecule has 3 N–H and O–H groups in total. The number of allylic oxidation sites excluding steroid dienone is 3. The van der Waals surface area contributed by atoms with Crippen LogP contribution < -0.4 is 5.32 Å². The number of aliphatic hydroxyl groups is 2. The molecule has 0 aliphatic heterocycles. The second-order valence-corrected chi connectivity index (χ2v) is 20.7. The lowest BCUT2D eigenvalue weighted by Crippen LogP contribution is -2.45. The lowest BCUT2D eigenvalue weighted by Gasteiger charge is -2.20. The largest absolute Gasteiger partial charge is 0.466 e. The van der Waals surface area contributed by atoms with Gasteiger partial charge >= 0.3 is 5.97 Å². The molecule has 0 fully saturated rings. The van der Waals surface area contributed by atoms with Crippen LogP contribution in [-0.2, 0) is 14.3 Å². The van der Waals surface area contributed by atoms with Gasteiger partial charge in [0.1, 0.15) is 0 Å². The van der Waals surface area contributed by atoms with Crippen LogP contribution >= 0.6 is 0 Å². The number of nitrogens with one attached hydrogen (secondary N) is 1. The molecule has 0 aliphatic rings. The second-order valence-electron chi connectivity index (χ2n) is 20.7. The van der Waals surface area contributed by atoms with Gasteiger partial charge in [0, 0.05) is 12.8 Å². The van der Waals surface area contributed by atoms with E-state index >= 15 is 0 Å². The fraction of sp³-hybridized carbons (Fsp3) is 0.902. The molecule has 0 spiro atoms. The number of carbonyl (C=O) groups is 2. The Labute approximate surface area is 418 Å². The fourth-order valence-electron chi connectivity index (χ4n) is 9.34. The topological polar surface area (TPSA) is 95.9 Å². The molecular weight excluding hydrogens is 827 g/mol. The van der Waals surface area contributed by atoms with Crippen molar-refractivity contribution < 1.29 is 24.5 Å². The lowest BCUT2D eigenvalue weighted by atomic mass is 10.0. The number of aliphatic hydroxyl groups excluding tert-OH is 2. The van der Waals surface area contributed by atoms with Crippen LogP contribution in [0.25, 0.3) is 0 Å². The highest BCUT2D eigenvalue weighted by Crippen LogP contribution is 2.17. The maximum absolute atomic E-state index is 12.5. The van der Waals surface area contributed by atoms with Crippen molar-refractivity contribution in [1.82, 2.24) is 5.32 Å². The second kappa shape index (κ2) is 56.9. The maximum atomic E-state index is 12.5. The molecule has 0 heterocycles. The molecule has 6 heteroatoms. The van der Waals surface area contributed by atoms with Gasteiger partial charge in [-0.15, -0.1) is 0 Å². The molecule has 0 saturated heterocycles. The summed E-state index contributed by atoms with van der Waals surface area (Å²) in [5, 5.41) is 23.2. The minimum atomic E-state index is -0.851. The van der Waals surface area contributed by atoms with Crippen molar-refractivity contribution >= 4 is 11.9 Å². The predicted octanol–water partition coefficient (Wildman–Crippen LogP) is 18.6. The first-order valence-electron chi connectivity index (χ1n) is 30.1. The SMILES string of the molecule is CCCCCCCCCCCCCCCCCCCC/C=C/C(O)C(CO)NC(=O)CCCCCCCCC/C=C\CCCCCCCCCCOC(=O)CCCCCCCCCCCCC. The summed E-state index contributed by atoms with van der Waals surface area (Å²) in [6.45, 7) is 4.91. The van der Waals surface area contributed by atoms with Crippen molar-refractivity contribution in [2.75, 3.05) is 13.2 Å². The van der Waals surface area contributed by atoms with Crippen molar-refractivity contribution in [2.45, 2.75) is 341 Å². The third-order valence-corrected chi connectivity index (χ3v) is 14.0. The number of esters is 1. The van der Waals surface area contributed by atoms with E-state index in [0.717, 1.165) is 51.4 Å². The van der Waals surface area contributed by atoms with Gasteiger partial charge in [-0.2, -0.15) is 0 Å². The van der Waals surface area contributed by atoms with Gasteiger partial charge in [0.05, 0.1) is 25.4 Å². The zero-order valence-electron chi connectivity index (χ0n) is 45.1. The zero-order valence-corrected chi connectivity index (χ0v) is 45.1. The highest BCUT2D eigenvalue weighted by molar-refractivity contribution is 5.76. The van der Waals surface area contributed by atoms with Crippen LogP contribution in [0, 0.1) is 0 Å². The average molecular weight is 945 g/mol. The van der Waals surface area contributed by atoms with E-state index in [0.29, 0.717) is 19.4 Å². The standard InChI is InChI=1S/C61H117NO5/c1-3-5-7-9-11-13-15-16-17-18-19-21-24-27-30-34-37-41-45-49-53-59(64)58(57-63)62-60(65)54-50-46-42-38-35-31-28-25-22-20-23-26-29-32-36-40-44-48-52-56-67-61(66)55-51-47-43-39-33-14-12-10-8-6-4-2/h20,22,49,53,58-59,63-64H,3-19,21,23-48,50-52,54-57H2,1-2H3,(H,62,65)/b22-20-,53-49+. The Balaban J connectivity index is 3.48. The Kier molecular flexibility index (Phi) is 55.5. The van der Waals surface area contributed by atoms with E-state index in [-0.39, 0.29) is 18.5 Å². The van der Waals surface area contributed by atoms with E-state index in [9.17, 15) is 19.8 Å². The Bertz CT molecular complexity index is 1040. The lowest BCUT2D eigenvalue weighted by molar-refractivity contribution is -0.143. The first kappa shape index (κ1) is 65.3. The summed E-state index contributed by atoms with van der Waals surface area (Å²) < 4.78 is 5.46. The van der Waals surface area contributed by atoms with Gasteiger partial charge in [-0.05, 0) is 57.8 Å². The molecule has 0 radical (unpaired) electrons. The molecule has 396 valence electrons. The predicted molar refractivity (Wildman–Crippen MR) is 292 cm³/mol. The third-order valence-electron chi connectivity index (χ3n) is 14.0. The first-order valence-corrected chi connectivity index (χ1v) is 30.1. The van der Waals surface area contributed by atoms with Crippen molar-refractivity contribution in [3.63, 3.8) is 0 Å². The van der Waals surface area contributed by atoms with E-state index in [2.05, 4.69) is 31.3 Å². The fourth-order valence-corrected chi connectivity index (χ4v) is 9.34.